The maximum Gasteiger partial charge on any atom is 0.318 e. The summed E-state index contributed by atoms with van der Waals surface area (Å²) in [7, 11) is 3.70. The number of likely N-dealkylation sites (tertiary alicyclic amines) is 1. The minimum atomic E-state index is -0.949. The van der Waals surface area contributed by atoms with E-state index in [1.807, 2.05) is 30.8 Å². The zero-order valence-electron chi connectivity index (χ0n) is 30.7. The molecule has 2 aromatic carbocycles. The van der Waals surface area contributed by atoms with Gasteiger partial charge in [-0.2, -0.15) is 9.97 Å². The summed E-state index contributed by atoms with van der Waals surface area (Å²) in [4.78, 5) is 40.9. The first-order valence-electron chi connectivity index (χ1n) is 18.0. The highest BCUT2D eigenvalue weighted by atomic mass is 19.1. The number of terminal acetylenes is 1. The van der Waals surface area contributed by atoms with Crippen LogP contribution in [0.5, 0.6) is 11.8 Å². The van der Waals surface area contributed by atoms with Gasteiger partial charge >= 0.3 is 12.0 Å². The van der Waals surface area contributed by atoms with Crippen molar-refractivity contribution >= 4 is 34.2 Å². The molecule has 1 amide bonds. The van der Waals surface area contributed by atoms with Gasteiger partial charge in [0.2, 0.25) is 5.91 Å². The highest BCUT2D eigenvalue weighted by Crippen LogP contribution is 2.40. The fourth-order valence-electron chi connectivity index (χ4n) is 7.79. The number of ether oxygens (including phenoxy) is 2. The molecule has 1 aliphatic carbocycles. The van der Waals surface area contributed by atoms with Crippen LogP contribution in [0, 0.1) is 24.1 Å². The Labute approximate surface area is 304 Å². The molecule has 0 bridgehead atoms. The van der Waals surface area contributed by atoms with Crippen LogP contribution < -0.4 is 19.7 Å². The molecule has 10 nitrogen and oxygen atoms in total. The van der Waals surface area contributed by atoms with Crippen molar-refractivity contribution in [3.05, 3.63) is 59.6 Å². The number of carbonyl (C=O) groups excluding carboxylic acids is 2. The lowest BCUT2D eigenvalue weighted by molar-refractivity contribution is -0.137. The molecule has 3 heterocycles. The third-order valence-corrected chi connectivity index (χ3v) is 11.1. The number of fused-ring (bicyclic) bond motifs is 2. The highest BCUT2D eigenvalue weighted by Gasteiger charge is 2.42. The molecule has 1 saturated carbocycles. The second kappa shape index (κ2) is 14.7. The van der Waals surface area contributed by atoms with Gasteiger partial charge in [0.05, 0.1) is 40.5 Å². The van der Waals surface area contributed by atoms with Gasteiger partial charge in [-0.15, -0.1) is 6.42 Å². The molecule has 1 N–H and O–H groups in total. The fourth-order valence-corrected chi connectivity index (χ4v) is 7.79. The van der Waals surface area contributed by atoms with Crippen molar-refractivity contribution in [2.75, 3.05) is 50.6 Å². The number of halogens is 2. The number of benzene rings is 2. The average Bonchev–Trinajstić information content (AvgIpc) is 3.71. The van der Waals surface area contributed by atoms with Crippen molar-refractivity contribution in [2.45, 2.75) is 83.1 Å². The second-order valence-electron chi connectivity index (χ2n) is 15.0. The Bertz CT molecular complexity index is 1920. The molecule has 6 rings (SSSR count). The van der Waals surface area contributed by atoms with Crippen LogP contribution in [0.3, 0.4) is 0 Å². The number of amides is 1. The van der Waals surface area contributed by atoms with Crippen molar-refractivity contribution in [1.82, 2.24) is 19.8 Å². The Balaban J connectivity index is 1.39. The summed E-state index contributed by atoms with van der Waals surface area (Å²) in [6, 6.07) is 6.52. The number of likely N-dealkylation sites (N-methyl/N-ethyl adjacent to an activating group) is 2. The Kier molecular flexibility index (Phi) is 10.5. The maximum absolute atomic E-state index is 15.1. The molecular weight excluding hydrogens is 666 g/mol. The number of hydrogen-bond donors (Lipinski definition) is 1. The van der Waals surface area contributed by atoms with Crippen molar-refractivity contribution < 1.29 is 27.8 Å². The standard InChI is InChI=1S/C40H48F2N6O4/c1-8-29-31(42)13-12-26-18-28(52-37(50)25(3)4)19-33(35(26)29)48-17-14-30-32(22-48)44-38(51-24-39(5)20-27(41)21-46(39)6)45-36(30)43-23-40(15-10-11-16-40)47(7)34(49)9-2/h1,9,12-13,18-19,25,27H,2,10-11,14-17,20-24H2,3-7H3,(H,43,44,45)/t27-,39+/m1/s1. The summed E-state index contributed by atoms with van der Waals surface area (Å²) < 4.78 is 41.6. The molecular formula is C40H48F2N6O4. The van der Waals surface area contributed by atoms with E-state index in [9.17, 15) is 14.0 Å². The zero-order valence-corrected chi connectivity index (χ0v) is 30.7. The lowest BCUT2D eigenvalue weighted by Gasteiger charge is -2.39. The van der Waals surface area contributed by atoms with E-state index in [0.29, 0.717) is 72.7 Å². The number of hydrogen-bond acceptors (Lipinski definition) is 9. The largest absolute Gasteiger partial charge is 0.461 e. The summed E-state index contributed by atoms with van der Waals surface area (Å²) >= 11 is 0. The highest BCUT2D eigenvalue weighted by molar-refractivity contribution is 6.00. The van der Waals surface area contributed by atoms with Crippen LogP contribution in [-0.4, -0.2) is 89.2 Å². The molecule has 52 heavy (non-hydrogen) atoms. The number of nitrogens with zero attached hydrogens (tertiary/aromatic N) is 5. The van der Waals surface area contributed by atoms with E-state index < -0.39 is 23.1 Å². The van der Waals surface area contributed by atoms with Crippen LogP contribution in [0.1, 0.15) is 69.7 Å². The monoisotopic (exact) mass is 714 g/mol. The number of nitrogens with one attached hydrogen (secondary N) is 1. The van der Waals surface area contributed by atoms with E-state index in [0.717, 1.165) is 31.2 Å². The SMILES string of the molecule is C#Cc1c(F)ccc2cc(OC(=O)C(C)C)cc(N3CCc4c(nc(OC[C@]5(C)C[C@@H](F)CN5C)nc4NCC4(N(C)C(=O)C=C)CCCC4)C3)c12. The molecule has 0 spiro atoms. The van der Waals surface area contributed by atoms with Crippen LogP contribution >= 0.6 is 0 Å². The zero-order chi connectivity index (χ0) is 37.4. The Morgan fingerprint density at radius 3 is 2.65 bits per heavy atom. The van der Waals surface area contributed by atoms with E-state index in [-0.39, 0.29) is 36.0 Å². The number of aromatic nitrogens is 2. The quantitative estimate of drug-likeness (QED) is 0.110. The minimum absolute atomic E-state index is 0.120. The molecule has 0 radical (unpaired) electrons. The predicted molar refractivity (Wildman–Crippen MR) is 198 cm³/mol. The number of esters is 1. The number of carbonyl (C=O) groups is 2. The first-order valence-corrected chi connectivity index (χ1v) is 18.0. The number of rotatable bonds is 11. The molecule has 276 valence electrons. The summed E-state index contributed by atoms with van der Waals surface area (Å²) in [5.41, 5.74) is 1.37. The number of alkyl halides is 1. The fraction of sp³-hybridized carbons (Fsp3) is 0.500. The molecule has 3 aliphatic rings. The molecule has 12 heteroatoms. The molecule has 1 saturated heterocycles. The molecule has 0 unspecified atom stereocenters. The van der Waals surface area contributed by atoms with Crippen molar-refractivity contribution in [2.24, 2.45) is 5.92 Å². The minimum Gasteiger partial charge on any atom is -0.461 e. The van der Waals surface area contributed by atoms with Gasteiger partial charge in [-0.05, 0) is 56.8 Å². The molecule has 2 atom stereocenters. The van der Waals surface area contributed by atoms with E-state index in [2.05, 4.69) is 17.8 Å². The van der Waals surface area contributed by atoms with Gasteiger partial charge in [-0.25, -0.2) is 8.78 Å². The first kappa shape index (κ1) is 37.0. The average molecular weight is 715 g/mol. The van der Waals surface area contributed by atoms with Gasteiger partial charge in [0.25, 0.3) is 0 Å². The second-order valence-corrected chi connectivity index (χ2v) is 15.0. The van der Waals surface area contributed by atoms with Gasteiger partial charge in [-0.1, -0.05) is 45.3 Å². The molecule has 1 aromatic heterocycles. The topological polar surface area (TPSA) is 100 Å². The van der Waals surface area contributed by atoms with Gasteiger partial charge in [0, 0.05) is 50.1 Å². The van der Waals surface area contributed by atoms with Gasteiger partial charge in [0.1, 0.15) is 30.2 Å². The Morgan fingerprint density at radius 1 is 1.25 bits per heavy atom. The van der Waals surface area contributed by atoms with Gasteiger partial charge in [-0.3, -0.25) is 14.5 Å². The Morgan fingerprint density at radius 2 is 2.00 bits per heavy atom. The summed E-state index contributed by atoms with van der Waals surface area (Å²) in [6.45, 7) is 11.0. The molecule has 2 fully saturated rings. The van der Waals surface area contributed by atoms with Crippen LogP contribution in [0.25, 0.3) is 10.8 Å². The normalized spacial score (nSPS) is 21.1. The van der Waals surface area contributed by atoms with Crippen molar-refractivity contribution in [3.8, 4) is 24.1 Å². The van der Waals surface area contributed by atoms with Crippen LogP contribution in [-0.2, 0) is 22.6 Å². The van der Waals surface area contributed by atoms with E-state index in [4.69, 9.17) is 25.9 Å². The smallest absolute Gasteiger partial charge is 0.318 e. The lowest BCUT2D eigenvalue weighted by Crippen LogP contribution is -2.51. The van der Waals surface area contributed by atoms with Crippen LogP contribution in [0.15, 0.2) is 36.9 Å². The lowest BCUT2D eigenvalue weighted by atomic mass is 9.94. The molecule has 3 aromatic rings. The summed E-state index contributed by atoms with van der Waals surface area (Å²) in [5, 5.41) is 4.75. The van der Waals surface area contributed by atoms with Crippen molar-refractivity contribution in [3.63, 3.8) is 0 Å². The van der Waals surface area contributed by atoms with E-state index in [1.54, 1.807) is 36.9 Å². The third-order valence-electron chi connectivity index (χ3n) is 11.1. The Hall–Kier alpha value is -4.76. The van der Waals surface area contributed by atoms with Gasteiger partial charge < -0.3 is 24.6 Å². The van der Waals surface area contributed by atoms with Crippen molar-refractivity contribution in [1.29, 1.82) is 0 Å². The molecule has 2 aliphatic heterocycles. The van der Waals surface area contributed by atoms with E-state index in [1.165, 1.54) is 12.1 Å². The van der Waals surface area contributed by atoms with Crippen LogP contribution in [0.2, 0.25) is 0 Å². The van der Waals surface area contributed by atoms with E-state index >= 15 is 4.39 Å². The summed E-state index contributed by atoms with van der Waals surface area (Å²) in [6.07, 6.45) is 10.8. The van der Waals surface area contributed by atoms with Crippen LogP contribution in [0.4, 0.5) is 20.3 Å². The predicted octanol–water partition coefficient (Wildman–Crippen LogP) is 6.05. The third kappa shape index (κ3) is 7.16. The maximum atomic E-state index is 15.1. The van der Waals surface area contributed by atoms with Gasteiger partial charge in [0.15, 0.2) is 0 Å². The number of anilines is 2. The first-order chi connectivity index (χ1) is 24.8. The summed E-state index contributed by atoms with van der Waals surface area (Å²) in [5.74, 6) is 2.07.